The van der Waals surface area contributed by atoms with Crippen molar-refractivity contribution in [2.45, 2.75) is 0 Å². The Kier molecular flexibility index (Phi) is 1.39. The fourth-order valence-electron chi connectivity index (χ4n) is 1.56. The summed E-state index contributed by atoms with van der Waals surface area (Å²) < 4.78 is 2.39. The molecule has 0 aliphatic heterocycles. The molecule has 0 saturated heterocycles. The van der Waals surface area contributed by atoms with Gasteiger partial charge in [0.2, 0.25) is 0 Å². The van der Waals surface area contributed by atoms with Crippen LogP contribution in [-0.2, 0) is 0 Å². The number of benzene rings is 1. The molecular weight excluding hydrogens is 200 g/mol. The highest BCUT2D eigenvalue weighted by Gasteiger charge is 2.06. The molecule has 0 radical (unpaired) electrons. The van der Waals surface area contributed by atoms with Crippen LogP contribution in [0.3, 0.4) is 0 Å². The van der Waals surface area contributed by atoms with Crippen LogP contribution in [0.25, 0.3) is 20.2 Å². The molecule has 3 aromatic rings. The molecule has 2 heterocycles. The van der Waals surface area contributed by atoms with Gasteiger partial charge in [-0.05, 0) is 23.6 Å². The minimum atomic E-state index is 0.406. The van der Waals surface area contributed by atoms with Gasteiger partial charge in [-0.2, -0.15) is 0 Å². The minimum absolute atomic E-state index is 0.406. The van der Waals surface area contributed by atoms with E-state index in [1.54, 1.807) is 28.1 Å². The van der Waals surface area contributed by atoms with Gasteiger partial charge in [0.05, 0.1) is 0 Å². The van der Waals surface area contributed by atoms with Gasteiger partial charge >= 0.3 is 0 Å². The fourth-order valence-corrected chi connectivity index (χ4v) is 3.19. The van der Waals surface area contributed by atoms with Gasteiger partial charge < -0.3 is 5.11 Å². The lowest BCUT2D eigenvalue weighted by Gasteiger charge is -1.92. The van der Waals surface area contributed by atoms with E-state index in [1.165, 1.54) is 10.1 Å². The first-order valence-electron chi connectivity index (χ1n) is 3.92. The van der Waals surface area contributed by atoms with Gasteiger partial charge in [-0.15, -0.1) is 22.7 Å². The second-order valence-corrected chi connectivity index (χ2v) is 4.75. The topological polar surface area (TPSA) is 20.2 Å². The standard InChI is InChI=1S/C10H6OS2/c11-7-5-13-9-2-1-8-6(10(7)9)3-4-12-8/h1-5,11H. The molecule has 0 atom stereocenters. The van der Waals surface area contributed by atoms with Crippen molar-refractivity contribution in [1.29, 1.82) is 0 Å². The van der Waals surface area contributed by atoms with Gasteiger partial charge in [0.1, 0.15) is 5.75 Å². The third-order valence-corrected chi connectivity index (χ3v) is 3.97. The third-order valence-electron chi connectivity index (χ3n) is 2.15. The predicted molar refractivity (Wildman–Crippen MR) is 58.9 cm³/mol. The van der Waals surface area contributed by atoms with Gasteiger partial charge in [0.15, 0.2) is 0 Å². The summed E-state index contributed by atoms with van der Waals surface area (Å²) in [5, 5.41) is 15.7. The quantitative estimate of drug-likeness (QED) is 0.592. The highest BCUT2D eigenvalue weighted by atomic mass is 32.1. The van der Waals surface area contributed by atoms with Crippen molar-refractivity contribution < 1.29 is 5.11 Å². The van der Waals surface area contributed by atoms with Crippen molar-refractivity contribution in [1.82, 2.24) is 0 Å². The Morgan fingerprint density at radius 1 is 1.00 bits per heavy atom. The van der Waals surface area contributed by atoms with E-state index in [1.807, 2.05) is 0 Å². The first-order valence-corrected chi connectivity index (χ1v) is 5.68. The highest BCUT2D eigenvalue weighted by molar-refractivity contribution is 7.19. The van der Waals surface area contributed by atoms with E-state index in [0.29, 0.717) is 5.75 Å². The lowest BCUT2D eigenvalue weighted by molar-refractivity contribution is 0.484. The molecule has 0 aliphatic carbocycles. The molecule has 3 heteroatoms. The molecule has 13 heavy (non-hydrogen) atoms. The molecule has 1 N–H and O–H groups in total. The molecule has 1 aromatic carbocycles. The van der Waals surface area contributed by atoms with E-state index in [2.05, 4.69) is 23.6 Å². The van der Waals surface area contributed by atoms with Crippen LogP contribution in [0, 0.1) is 0 Å². The second kappa shape index (κ2) is 2.47. The van der Waals surface area contributed by atoms with Crippen molar-refractivity contribution in [2.24, 2.45) is 0 Å². The zero-order chi connectivity index (χ0) is 8.84. The van der Waals surface area contributed by atoms with Crippen LogP contribution in [0.5, 0.6) is 5.75 Å². The zero-order valence-electron chi connectivity index (χ0n) is 6.65. The monoisotopic (exact) mass is 206 g/mol. The number of thiophene rings is 2. The molecule has 2 aromatic heterocycles. The van der Waals surface area contributed by atoms with E-state index >= 15 is 0 Å². The Morgan fingerprint density at radius 2 is 1.85 bits per heavy atom. The van der Waals surface area contributed by atoms with Gasteiger partial charge in [-0.1, -0.05) is 0 Å². The van der Waals surface area contributed by atoms with E-state index in [4.69, 9.17) is 0 Å². The summed E-state index contributed by atoms with van der Waals surface area (Å²) in [4.78, 5) is 0. The molecule has 1 nitrogen and oxygen atoms in total. The van der Waals surface area contributed by atoms with Crippen molar-refractivity contribution in [3.05, 3.63) is 29.0 Å². The maximum absolute atomic E-state index is 9.64. The van der Waals surface area contributed by atoms with E-state index in [-0.39, 0.29) is 0 Å². The molecule has 3 rings (SSSR count). The maximum atomic E-state index is 9.64. The summed E-state index contributed by atoms with van der Waals surface area (Å²) in [7, 11) is 0. The van der Waals surface area contributed by atoms with Crippen molar-refractivity contribution in [3.63, 3.8) is 0 Å². The number of aromatic hydroxyl groups is 1. The number of fused-ring (bicyclic) bond motifs is 3. The van der Waals surface area contributed by atoms with Crippen LogP contribution in [-0.4, -0.2) is 5.11 Å². The van der Waals surface area contributed by atoms with Crippen LogP contribution in [0.1, 0.15) is 0 Å². The van der Waals surface area contributed by atoms with Crippen molar-refractivity contribution in [2.75, 3.05) is 0 Å². The molecule has 0 spiro atoms. The average molecular weight is 206 g/mol. The second-order valence-electron chi connectivity index (χ2n) is 2.89. The molecule has 64 valence electrons. The zero-order valence-corrected chi connectivity index (χ0v) is 8.28. The van der Waals surface area contributed by atoms with Crippen molar-refractivity contribution >= 4 is 42.8 Å². The summed E-state index contributed by atoms with van der Waals surface area (Å²) >= 11 is 3.29. The Labute approximate surface area is 82.9 Å². The minimum Gasteiger partial charge on any atom is -0.506 e. The SMILES string of the molecule is Oc1csc2ccc3sccc3c12. The van der Waals surface area contributed by atoms with Crippen LogP contribution >= 0.6 is 22.7 Å². The number of hydrogen-bond acceptors (Lipinski definition) is 3. The smallest absolute Gasteiger partial charge is 0.134 e. The summed E-state index contributed by atoms with van der Waals surface area (Å²) in [6, 6.07) is 6.24. The maximum Gasteiger partial charge on any atom is 0.134 e. The predicted octanol–water partition coefficient (Wildman–Crippen LogP) is 3.82. The van der Waals surface area contributed by atoms with Gasteiger partial charge in [0.25, 0.3) is 0 Å². The summed E-state index contributed by atoms with van der Waals surface area (Å²) in [6.45, 7) is 0. The first kappa shape index (κ1) is 7.35. The van der Waals surface area contributed by atoms with E-state index in [9.17, 15) is 5.11 Å². The molecule has 0 saturated carbocycles. The van der Waals surface area contributed by atoms with Gasteiger partial charge in [0, 0.05) is 25.6 Å². The summed E-state index contributed by atoms with van der Waals surface area (Å²) in [6.07, 6.45) is 0. The molecular formula is C10H6OS2. The first-order chi connectivity index (χ1) is 6.36. The summed E-state index contributed by atoms with van der Waals surface area (Å²) in [5.41, 5.74) is 0. The summed E-state index contributed by atoms with van der Waals surface area (Å²) in [5.74, 6) is 0.406. The Hall–Kier alpha value is -1.06. The third kappa shape index (κ3) is 0.913. The van der Waals surface area contributed by atoms with E-state index in [0.717, 1.165) is 10.1 Å². The molecule has 0 aliphatic rings. The Balaban J connectivity index is 2.70. The van der Waals surface area contributed by atoms with E-state index < -0.39 is 0 Å². The Morgan fingerprint density at radius 3 is 2.77 bits per heavy atom. The van der Waals surface area contributed by atoms with Gasteiger partial charge in [-0.25, -0.2) is 0 Å². The molecule has 0 unspecified atom stereocenters. The van der Waals surface area contributed by atoms with Crippen LogP contribution in [0.15, 0.2) is 29.0 Å². The van der Waals surface area contributed by atoms with Crippen LogP contribution in [0.4, 0.5) is 0 Å². The molecule has 0 bridgehead atoms. The van der Waals surface area contributed by atoms with Gasteiger partial charge in [-0.3, -0.25) is 0 Å². The average Bonchev–Trinajstić information content (AvgIpc) is 2.70. The fraction of sp³-hybridized carbons (Fsp3) is 0. The number of hydrogen-bond donors (Lipinski definition) is 1. The lowest BCUT2D eigenvalue weighted by atomic mass is 10.2. The lowest BCUT2D eigenvalue weighted by Crippen LogP contribution is -1.65. The largest absolute Gasteiger partial charge is 0.506 e. The van der Waals surface area contributed by atoms with Crippen molar-refractivity contribution in [3.8, 4) is 5.75 Å². The molecule has 0 amide bonds. The van der Waals surface area contributed by atoms with Crippen LogP contribution < -0.4 is 0 Å². The Bertz CT molecular complexity index is 577. The highest BCUT2D eigenvalue weighted by Crippen LogP contribution is 2.38. The normalized spacial score (nSPS) is 11.4. The van der Waals surface area contributed by atoms with Crippen LogP contribution in [0.2, 0.25) is 0 Å². The molecule has 0 fully saturated rings. The number of rotatable bonds is 0.